The summed E-state index contributed by atoms with van der Waals surface area (Å²) in [5, 5.41) is 9.49. The predicted molar refractivity (Wildman–Crippen MR) is 90.2 cm³/mol. The Morgan fingerprint density at radius 1 is 1.30 bits per heavy atom. The number of amides is 1. The number of rotatable bonds is 7. The van der Waals surface area contributed by atoms with Gasteiger partial charge in [-0.15, -0.1) is 0 Å². The van der Waals surface area contributed by atoms with Gasteiger partial charge in [-0.3, -0.25) is 9.59 Å². The first kappa shape index (κ1) is 17.5. The third-order valence-corrected chi connectivity index (χ3v) is 4.85. The summed E-state index contributed by atoms with van der Waals surface area (Å²) < 4.78 is 0. The number of benzene rings is 1. The number of carbonyl (C=O) groups excluding carboxylic acids is 1. The maximum atomic E-state index is 12.6. The van der Waals surface area contributed by atoms with Crippen molar-refractivity contribution in [3.8, 4) is 0 Å². The van der Waals surface area contributed by atoms with E-state index < -0.39 is 11.9 Å². The van der Waals surface area contributed by atoms with Crippen LogP contribution in [0.2, 0.25) is 0 Å². The van der Waals surface area contributed by atoms with Gasteiger partial charge in [0.15, 0.2) is 0 Å². The lowest BCUT2D eigenvalue weighted by Gasteiger charge is -2.33. The van der Waals surface area contributed by atoms with Crippen molar-refractivity contribution in [2.45, 2.75) is 58.4 Å². The smallest absolute Gasteiger partial charge is 0.312 e. The highest BCUT2D eigenvalue weighted by molar-refractivity contribution is 5.81. The molecule has 0 spiro atoms. The third-order valence-electron chi connectivity index (χ3n) is 4.85. The van der Waals surface area contributed by atoms with Crippen LogP contribution in [0.5, 0.6) is 0 Å². The standard InChI is InChI=1S/C19H27NO3/c1-3-5-8-14(4-2)11-18(21)20-12-15-9-6-7-10-16(15)17(13-20)19(22)23/h6-7,9-10,14,17H,3-5,8,11-13H2,1-2H3,(H,22,23). The van der Waals surface area contributed by atoms with Gasteiger partial charge in [-0.05, 0) is 23.5 Å². The highest BCUT2D eigenvalue weighted by atomic mass is 16.4. The molecular weight excluding hydrogens is 290 g/mol. The topological polar surface area (TPSA) is 57.6 Å². The van der Waals surface area contributed by atoms with Crippen LogP contribution in [0.3, 0.4) is 0 Å². The van der Waals surface area contributed by atoms with Gasteiger partial charge in [0.1, 0.15) is 0 Å². The molecule has 1 aromatic carbocycles. The molecule has 0 radical (unpaired) electrons. The average Bonchev–Trinajstić information content (AvgIpc) is 2.57. The molecule has 0 aliphatic carbocycles. The van der Waals surface area contributed by atoms with E-state index in [1.807, 2.05) is 24.3 Å². The quantitative estimate of drug-likeness (QED) is 0.832. The van der Waals surface area contributed by atoms with E-state index in [-0.39, 0.29) is 12.5 Å². The molecule has 1 heterocycles. The molecule has 0 bridgehead atoms. The van der Waals surface area contributed by atoms with Crippen molar-refractivity contribution in [2.75, 3.05) is 6.54 Å². The molecule has 1 N–H and O–H groups in total. The Bertz CT molecular complexity index is 555. The zero-order valence-electron chi connectivity index (χ0n) is 14.1. The molecule has 126 valence electrons. The van der Waals surface area contributed by atoms with E-state index in [2.05, 4.69) is 13.8 Å². The summed E-state index contributed by atoms with van der Waals surface area (Å²) in [6, 6.07) is 7.57. The number of hydrogen-bond donors (Lipinski definition) is 1. The highest BCUT2D eigenvalue weighted by Gasteiger charge is 2.32. The van der Waals surface area contributed by atoms with Gasteiger partial charge in [0.2, 0.25) is 5.91 Å². The number of unbranched alkanes of at least 4 members (excludes halogenated alkanes) is 1. The summed E-state index contributed by atoms with van der Waals surface area (Å²) in [4.78, 5) is 25.9. The Morgan fingerprint density at radius 2 is 2.04 bits per heavy atom. The Morgan fingerprint density at radius 3 is 2.70 bits per heavy atom. The van der Waals surface area contributed by atoms with E-state index in [0.717, 1.165) is 36.8 Å². The van der Waals surface area contributed by atoms with Crippen LogP contribution in [0.25, 0.3) is 0 Å². The van der Waals surface area contributed by atoms with Gasteiger partial charge in [0, 0.05) is 19.5 Å². The first-order valence-electron chi connectivity index (χ1n) is 8.65. The lowest BCUT2D eigenvalue weighted by molar-refractivity contribution is -0.141. The number of fused-ring (bicyclic) bond motifs is 1. The Hall–Kier alpha value is -1.84. The maximum Gasteiger partial charge on any atom is 0.312 e. The van der Waals surface area contributed by atoms with Gasteiger partial charge in [0.25, 0.3) is 0 Å². The second-order valence-corrected chi connectivity index (χ2v) is 6.48. The van der Waals surface area contributed by atoms with E-state index >= 15 is 0 Å². The van der Waals surface area contributed by atoms with Gasteiger partial charge in [-0.1, -0.05) is 57.4 Å². The highest BCUT2D eigenvalue weighted by Crippen LogP contribution is 2.29. The molecule has 0 aromatic heterocycles. The van der Waals surface area contributed by atoms with Gasteiger partial charge in [-0.2, -0.15) is 0 Å². The molecule has 1 amide bonds. The monoisotopic (exact) mass is 317 g/mol. The molecule has 4 nitrogen and oxygen atoms in total. The Labute approximate surface area is 138 Å². The molecule has 2 rings (SSSR count). The Kier molecular flexibility index (Phi) is 6.20. The van der Waals surface area contributed by atoms with Crippen LogP contribution in [0.15, 0.2) is 24.3 Å². The molecule has 0 saturated carbocycles. The average molecular weight is 317 g/mol. The number of hydrogen-bond acceptors (Lipinski definition) is 2. The van der Waals surface area contributed by atoms with Crippen molar-refractivity contribution in [2.24, 2.45) is 5.92 Å². The van der Waals surface area contributed by atoms with Crippen LogP contribution in [0.1, 0.15) is 63.0 Å². The lowest BCUT2D eigenvalue weighted by atomic mass is 9.88. The first-order chi connectivity index (χ1) is 11.1. The van der Waals surface area contributed by atoms with Crippen molar-refractivity contribution in [3.63, 3.8) is 0 Å². The zero-order chi connectivity index (χ0) is 16.8. The summed E-state index contributed by atoms with van der Waals surface area (Å²) in [6.07, 6.45) is 4.89. The molecular formula is C19H27NO3. The van der Waals surface area contributed by atoms with Crippen molar-refractivity contribution >= 4 is 11.9 Å². The number of carbonyl (C=O) groups is 2. The van der Waals surface area contributed by atoms with Crippen LogP contribution in [-0.4, -0.2) is 28.4 Å². The lowest BCUT2D eigenvalue weighted by Crippen LogP contribution is -2.41. The van der Waals surface area contributed by atoms with Crippen molar-refractivity contribution in [1.82, 2.24) is 4.90 Å². The zero-order valence-corrected chi connectivity index (χ0v) is 14.1. The molecule has 1 aliphatic heterocycles. The van der Waals surface area contributed by atoms with Crippen LogP contribution in [-0.2, 0) is 16.1 Å². The van der Waals surface area contributed by atoms with Crippen molar-refractivity contribution in [3.05, 3.63) is 35.4 Å². The molecule has 4 heteroatoms. The fourth-order valence-corrected chi connectivity index (χ4v) is 3.33. The van der Waals surface area contributed by atoms with Crippen LogP contribution in [0.4, 0.5) is 0 Å². The van der Waals surface area contributed by atoms with Crippen molar-refractivity contribution in [1.29, 1.82) is 0 Å². The van der Waals surface area contributed by atoms with Crippen LogP contribution >= 0.6 is 0 Å². The molecule has 0 saturated heterocycles. The summed E-state index contributed by atoms with van der Waals surface area (Å²) in [5.41, 5.74) is 1.81. The van der Waals surface area contributed by atoms with Crippen LogP contribution < -0.4 is 0 Å². The number of nitrogens with zero attached hydrogens (tertiary/aromatic N) is 1. The number of aliphatic carboxylic acids is 1. The molecule has 2 unspecified atom stereocenters. The van der Waals surface area contributed by atoms with E-state index in [9.17, 15) is 14.7 Å². The fraction of sp³-hybridized carbons (Fsp3) is 0.579. The summed E-state index contributed by atoms with van der Waals surface area (Å²) in [7, 11) is 0. The summed E-state index contributed by atoms with van der Waals surface area (Å²) in [5.74, 6) is -0.968. The predicted octanol–water partition coefficient (Wildman–Crippen LogP) is 3.80. The second kappa shape index (κ2) is 8.14. The SMILES string of the molecule is CCCCC(CC)CC(=O)N1Cc2ccccc2C(C(=O)O)C1. The normalized spacial score (nSPS) is 18.3. The van der Waals surface area contributed by atoms with E-state index in [4.69, 9.17) is 0 Å². The minimum atomic E-state index is -0.854. The third kappa shape index (κ3) is 4.34. The number of carboxylic acid groups (broad SMARTS) is 1. The second-order valence-electron chi connectivity index (χ2n) is 6.48. The van der Waals surface area contributed by atoms with Crippen LogP contribution in [0, 0.1) is 5.92 Å². The van der Waals surface area contributed by atoms with E-state index in [1.165, 1.54) is 0 Å². The minimum Gasteiger partial charge on any atom is -0.481 e. The van der Waals surface area contributed by atoms with Crippen molar-refractivity contribution < 1.29 is 14.7 Å². The molecule has 23 heavy (non-hydrogen) atoms. The first-order valence-corrected chi connectivity index (χ1v) is 8.65. The molecule has 2 atom stereocenters. The largest absolute Gasteiger partial charge is 0.481 e. The van der Waals surface area contributed by atoms with E-state index in [1.54, 1.807) is 4.90 Å². The van der Waals surface area contributed by atoms with Gasteiger partial charge in [0.05, 0.1) is 5.92 Å². The maximum absolute atomic E-state index is 12.6. The number of carboxylic acids is 1. The van der Waals surface area contributed by atoms with E-state index in [0.29, 0.717) is 18.9 Å². The summed E-state index contributed by atoms with van der Waals surface area (Å²) in [6.45, 7) is 5.10. The van der Waals surface area contributed by atoms with Gasteiger partial charge >= 0.3 is 5.97 Å². The van der Waals surface area contributed by atoms with Gasteiger partial charge in [-0.25, -0.2) is 0 Å². The fourth-order valence-electron chi connectivity index (χ4n) is 3.33. The minimum absolute atomic E-state index is 0.0914. The summed E-state index contributed by atoms with van der Waals surface area (Å²) >= 11 is 0. The molecule has 1 aliphatic rings. The Balaban J connectivity index is 2.09. The van der Waals surface area contributed by atoms with Gasteiger partial charge < -0.3 is 10.0 Å². The molecule has 0 fully saturated rings. The molecule has 1 aromatic rings.